The minimum Gasteiger partial charge on any atom is -0.444 e. The maximum Gasteiger partial charge on any atom is 0.407 e. The Balaban J connectivity index is 3.35. The van der Waals surface area contributed by atoms with E-state index in [0.717, 1.165) is 6.54 Å². The number of carbonyl (C=O) groups excluding carboxylic acids is 1. The maximum atomic E-state index is 11.2. The number of likely N-dealkylation sites (N-methyl/N-ethyl adjacent to an activating group) is 1. The fraction of sp³-hybridized carbons (Fsp3) is 0.909. The lowest BCUT2D eigenvalue weighted by Crippen LogP contribution is -2.34. The van der Waals surface area contributed by atoms with Crippen molar-refractivity contribution in [2.45, 2.75) is 26.4 Å². The summed E-state index contributed by atoms with van der Waals surface area (Å²) in [6.45, 7) is 8.03. The van der Waals surface area contributed by atoms with Gasteiger partial charge in [0, 0.05) is 13.1 Å². The molecule has 1 amide bonds. The van der Waals surface area contributed by atoms with E-state index >= 15 is 0 Å². The van der Waals surface area contributed by atoms with Crippen LogP contribution in [0.4, 0.5) is 4.79 Å². The van der Waals surface area contributed by atoms with Crippen LogP contribution in [0.1, 0.15) is 20.8 Å². The summed E-state index contributed by atoms with van der Waals surface area (Å²) in [6.07, 6.45) is -0.399. The summed E-state index contributed by atoms with van der Waals surface area (Å²) in [6, 6.07) is 0. The molecular formula is C11H24N2O3. The van der Waals surface area contributed by atoms with Gasteiger partial charge in [0.25, 0.3) is 0 Å². The molecule has 16 heavy (non-hydrogen) atoms. The molecule has 0 saturated carbocycles. The van der Waals surface area contributed by atoms with Crippen LogP contribution in [0.5, 0.6) is 0 Å². The van der Waals surface area contributed by atoms with Crippen LogP contribution < -0.4 is 5.32 Å². The fourth-order valence-corrected chi connectivity index (χ4v) is 0.889. The second-order valence-electron chi connectivity index (χ2n) is 4.84. The van der Waals surface area contributed by atoms with Crippen LogP contribution in [0.25, 0.3) is 0 Å². The van der Waals surface area contributed by atoms with Crippen molar-refractivity contribution >= 4 is 6.09 Å². The zero-order valence-electron chi connectivity index (χ0n) is 11.0. The van der Waals surface area contributed by atoms with Gasteiger partial charge in [-0.15, -0.1) is 0 Å². The Morgan fingerprint density at radius 2 is 1.88 bits per heavy atom. The van der Waals surface area contributed by atoms with E-state index in [0.29, 0.717) is 19.8 Å². The van der Waals surface area contributed by atoms with Crippen molar-refractivity contribution in [1.29, 1.82) is 0 Å². The van der Waals surface area contributed by atoms with Gasteiger partial charge in [0.05, 0.1) is 13.2 Å². The van der Waals surface area contributed by atoms with E-state index in [-0.39, 0.29) is 0 Å². The summed E-state index contributed by atoms with van der Waals surface area (Å²) in [7, 11) is 3.98. The van der Waals surface area contributed by atoms with Crippen molar-refractivity contribution in [3.8, 4) is 0 Å². The number of hydrogen-bond acceptors (Lipinski definition) is 4. The summed E-state index contributed by atoms with van der Waals surface area (Å²) in [4.78, 5) is 13.2. The van der Waals surface area contributed by atoms with Crippen molar-refractivity contribution in [2.75, 3.05) is 40.4 Å². The van der Waals surface area contributed by atoms with Crippen molar-refractivity contribution in [1.82, 2.24) is 10.2 Å². The number of nitrogens with one attached hydrogen (secondary N) is 1. The number of hydrogen-bond donors (Lipinski definition) is 1. The first-order valence-corrected chi connectivity index (χ1v) is 5.50. The van der Waals surface area contributed by atoms with E-state index in [1.165, 1.54) is 0 Å². The van der Waals surface area contributed by atoms with Crippen LogP contribution >= 0.6 is 0 Å². The van der Waals surface area contributed by atoms with E-state index in [2.05, 4.69) is 5.32 Å². The van der Waals surface area contributed by atoms with Crippen LogP contribution in [-0.4, -0.2) is 57.0 Å². The lowest BCUT2D eigenvalue weighted by Gasteiger charge is -2.19. The highest BCUT2D eigenvalue weighted by Crippen LogP contribution is 2.05. The van der Waals surface area contributed by atoms with Crippen LogP contribution in [0.3, 0.4) is 0 Å². The van der Waals surface area contributed by atoms with Gasteiger partial charge < -0.3 is 19.7 Å². The Hall–Kier alpha value is -0.810. The first-order chi connectivity index (χ1) is 7.31. The molecule has 96 valence electrons. The highest BCUT2D eigenvalue weighted by molar-refractivity contribution is 5.67. The molecule has 5 nitrogen and oxygen atoms in total. The summed E-state index contributed by atoms with van der Waals surface area (Å²) < 4.78 is 10.4. The summed E-state index contributed by atoms with van der Waals surface area (Å²) in [5.41, 5.74) is -0.449. The third kappa shape index (κ3) is 11.3. The Morgan fingerprint density at radius 1 is 1.25 bits per heavy atom. The predicted molar refractivity (Wildman–Crippen MR) is 63.6 cm³/mol. The van der Waals surface area contributed by atoms with Crippen molar-refractivity contribution in [3.63, 3.8) is 0 Å². The van der Waals surface area contributed by atoms with E-state index in [9.17, 15) is 4.79 Å². The zero-order chi connectivity index (χ0) is 12.6. The number of carbonyl (C=O) groups is 1. The molecule has 0 aliphatic carbocycles. The molecule has 1 N–H and O–H groups in total. The quantitative estimate of drug-likeness (QED) is 0.696. The smallest absolute Gasteiger partial charge is 0.407 e. The van der Waals surface area contributed by atoms with Gasteiger partial charge in [0.15, 0.2) is 0 Å². The molecule has 0 aromatic rings. The number of nitrogens with zero attached hydrogens (tertiary/aromatic N) is 1. The maximum absolute atomic E-state index is 11.2. The molecule has 0 saturated heterocycles. The first-order valence-electron chi connectivity index (χ1n) is 5.50. The molecule has 0 heterocycles. The SMILES string of the molecule is CN(C)CCOCCNC(=O)OC(C)(C)C. The monoisotopic (exact) mass is 232 g/mol. The Bertz CT molecular complexity index is 200. The lowest BCUT2D eigenvalue weighted by molar-refractivity contribution is 0.0495. The fourth-order valence-electron chi connectivity index (χ4n) is 0.889. The van der Waals surface area contributed by atoms with Gasteiger partial charge in [-0.25, -0.2) is 4.79 Å². The third-order valence-electron chi connectivity index (χ3n) is 1.60. The van der Waals surface area contributed by atoms with Crippen molar-refractivity contribution in [3.05, 3.63) is 0 Å². The van der Waals surface area contributed by atoms with Gasteiger partial charge >= 0.3 is 6.09 Å². The molecule has 0 atom stereocenters. The van der Waals surface area contributed by atoms with Crippen LogP contribution in [0.2, 0.25) is 0 Å². The summed E-state index contributed by atoms with van der Waals surface area (Å²) in [5, 5.41) is 2.63. The molecule has 5 heteroatoms. The number of alkyl carbamates (subject to hydrolysis) is 1. The largest absolute Gasteiger partial charge is 0.444 e. The third-order valence-corrected chi connectivity index (χ3v) is 1.60. The molecule has 0 aliphatic heterocycles. The zero-order valence-corrected chi connectivity index (χ0v) is 11.0. The van der Waals surface area contributed by atoms with Gasteiger partial charge in [-0.05, 0) is 34.9 Å². The van der Waals surface area contributed by atoms with E-state index in [1.807, 2.05) is 39.8 Å². The molecule has 0 bridgehead atoms. The van der Waals surface area contributed by atoms with Gasteiger partial charge in [-0.2, -0.15) is 0 Å². The second-order valence-corrected chi connectivity index (χ2v) is 4.84. The minimum atomic E-state index is -0.449. The second kappa shape index (κ2) is 7.46. The molecule has 0 aromatic heterocycles. The Labute approximate surface area is 98.1 Å². The number of rotatable bonds is 6. The molecule has 0 radical (unpaired) electrons. The molecule has 0 spiro atoms. The number of amides is 1. The Morgan fingerprint density at radius 3 is 2.38 bits per heavy atom. The van der Waals surface area contributed by atoms with Gasteiger partial charge in [-0.3, -0.25) is 0 Å². The molecule has 0 fully saturated rings. The van der Waals surface area contributed by atoms with E-state index in [4.69, 9.17) is 9.47 Å². The van der Waals surface area contributed by atoms with Crippen LogP contribution in [0.15, 0.2) is 0 Å². The van der Waals surface area contributed by atoms with E-state index < -0.39 is 11.7 Å². The lowest BCUT2D eigenvalue weighted by atomic mass is 10.2. The van der Waals surface area contributed by atoms with E-state index in [1.54, 1.807) is 0 Å². The number of ether oxygens (including phenoxy) is 2. The normalized spacial score (nSPS) is 11.6. The standard InChI is InChI=1S/C11H24N2O3/c1-11(2,3)16-10(14)12-6-8-15-9-7-13(4)5/h6-9H2,1-5H3,(H,12,14). The topological polar surface area (TPSA) is 50.8 Å². The Kier molecular flexibility index (Phi) is 7.08. The van der Waals surface area contributed by atoms with Crippen LogP contribution in [-0.2, 0) is 9.47 Å². The minimum absolute atomic E-state index is 0.399. The first kappa shape index (κ1) is 15.2. The molecular weight excluding hydrogens is 208 g/mol. The molecule has 0 unspecified atom stereocenters. The molecule has 0 aromatic carbocycles. The highest BCUT2D eigenvalue weighted by Gasteiger charge is 2.15. The summed E-state index contributed by atoms with van der Waals surface area (Å²) >= 11 is 0. The highest BCUT2D eigenvalue weighted by atomic mass is 16.6. The van der Waals surface area contributed by atoms with Crippen molar-refractivity contribution in [2.24, 2.45) is 0 Å². The van der Waals surface area contributed by atoms with Crippen molar-refractivity contribution < 1.29 is 14.3 Å². The van der Waals surface area contributed by atoms with Crippen LogP contribution in [0, 0.1) is 0 Å². The predicted octanol–water partition coefficient (Wildman–Crippen LogP) is 1.09. The molecule has 0 aliphatic rings. The average molecular weight is 232 g/mol. The van der Waals surface area contributed by atoms with Gasteiger partial charge in [0.2, 0.25) is 0 Å². The average Bonchev–Trinajstić information content (AvgIpc) is 2.07. The van der Waals surface area contributed by atoms with Gasteiger partial charge in [-0.1, -0.05) is 0 Å². The summed E-state index contributed by atoms with van der Waals surface area (Å²) in [5.74, 6) is 0. The van der Waals surface area contributed by atoms with Gasteiger partial charge in [0.1, 0.15) is 5.60 Å². The molecule has 0 rings (SSSR count).